The van der Waals surface area contributed by atoms with Crippen molar-refractivity contribution in [2.45, 2.75) is 264 Å². The minimum Gasteiger partial charge on any atom is -0.756 e. The molecule has 0 aromatic carbocycles. The number of nitrogens with zero attached hydrogens (tertiary/aromatic N) is 1. The summed E-state index contributed by atoms with van der Waals surface area (Å²) in [5.74, 6) is -0.580. The van der Waals surface area contributed by atoms with E-state index in [-0.39, 0.29) is 24.9 Å². The summed E-state index contributed by atoms with van der Waals surface area (Å²) in [6, 6.07) is -0.908. The molecule has 432 valence electrons. The minimum atomic E-state index is -4.71. The van der Waals surface area contributed by atoms with Crippen LogP contribution in [0.15, 0.2) is 97.2 Å². The first kappa shape index (κ1) is 71.9. The smallest absolute Gasteiger partial charge is 0.306 e. The Hall–Kier alpha value is -3.07. The van der Waals surface area contributed by atoms with Crippen LogP contribution in [0, 0.1) is 0 Å². The molecule has 0 heterocycles. The SMILES string of the molecule is CC/C=C\C/C=C\C/C=C\C/C=C\C/C=C\CCCCCCCC(=O)OC(/C=C\CCCCCCCCCCCCC)C(COP(=O)([O-])OCC[N+](C)(C)C)NC(=O)CCCCCCCC/C=C/C=C/CCCCC. The molecule has 0 radical (unpaired) electrons. The van der Waals surface area contributed by atoms with Crippen LogP contribution in [0.3, 0.4) is 0 Å². The molecule has 3 atom stereocenters. The van der Waals surface area contributed by atoms with Crippen molar-refractivity contribution in [2.24, 2.45) is 0 Å². The van der Waals surface area contributed by atoms with E-state index in [1.54, 1.807) is 0 Å². The number of hydrogen-bond donors (Lipinski definition) is 1. The lowest BCUT2D eigenvalue weighted by atomic mass is 10.0. The van der Waals surface area contributed by atoms with Gasteiger partial charge in [-0.25, -0.2) is 0 Å². The van der Waals surface area contributed by atoms with Crippen molar-refractivity contribution in [1.82, 2.24) is 5.32 Å². The van der Waals surface area contributed by atoms with Crippen LogP contribution >= 0.6 is 7.82 Å². The molecule has 0 spiro atoms. The van der Waals surface area contributed by atoms with Crippen molar-refractivity contribution in [3.63, 3.8) is 0 Å². The van der Waals surface area contributed by atoms with Crippen LogP contribution in [0.2, 0.25) is 0 Å². The van der Waals surface area contributed by atoms with Crippen molar-refractivity contribution >= 4 is 19.7 Å². The maximum atomic E-state index is 13.5. The normalized spacial score (nSPS) is 14.4. The van der Waals surface area contributed by atoms with Crippen molar-refractivity contribution < 1.29 is 37.3 Å². The lowest BCUT2D eigenvalue weighted by Gasteiger charge is -2.30. The van der Waals surface area contributed by atoms with E-state index in [9.17, 15) is 19.0 Å². The molecular weight excluding hydrogens is 952 g/mol. The molecule has 0 aliphatic rings. The standard InChI is InChI=1S/C65H115N2O7P/c1-7-10-13-16-19-22-25-28-30-31-32-33-34-35-37-40-43-46-49-52-55-58-65(69)74-63(56-53-50-47-44-41-38-27-24-21-18-15-12-9-3)62(61-73-75(70,71)72-60-59-67(4,5)6)66-64(68)57-54-51-48-45-42-39-36-29-26-23-20-17-14-11-8-2/h10,13,19-20,22-23,26,28-30,32-33,35,37,53,56,62-63H,7-9,11-12,14-18,21,24-25,27,31,34,36,38-52,54-55,57-61H2,1-6H3,(H-,66,68,70,71)/b13-10-,22-19-,23-20+,29-26+,30-28-,33-32-,37-35-,56-53-. The van der Waals surface area contributed by atoms with Gasteiger partial charge in [-0.3, -0.25) is 14.2 Å². The Balaban J connectivity index is 5.36. The second-order valence-corrected chi connectivity index (χ2v) is 22.9. The highest BCUT2D eigenvalue weighted by atomic mass is 31.2. The fraction of sp³-hybridized carbons (Fsp3) is 0.723. The summed E-state index contributed by atoms with van der Waals surface area (Å²) in [5.41, 5.74) is 0. The minimum absolute atomic E-state index is 0.0325. The molecule has 3 unspecified atom stereocenters. The third kappa shape index (κ3) is 55.5. The fourth-order valence-electron chi connectivity index (χ4n) is 8.30. The second kappa shape index (κ2) is 54.3. The van der Waals surface area contributed by atoms with Crippen molar-refractivity contribution in [2.75, 3.05) is 40.9 Å². The second-order valence-electron chi connectivity index (χ2n) is 21.5. The van der Waals surface area contributed by atoms with Crippen molar-refractivity contribution in [3.8, 4) is 0 Å². The number of allylic oxidation sites excluding steroid dienone is 15. The van der Waals surface area contributed by atoms with E-state index in [0.717, 1.165) is 135 Å². The summed E-state index contributed by atoms with van der Waals surface area (Å²) >= 11 is 0. The average molecular weight is 1070 g/mol. The molecule has 10 heteroatoms. The number of ether oxygens (including phenoxy) is 1. The Kier molecular flexibility index (Phi) is 52.1. The molecule has 9 nitrogen and oxygen atoms in total. The monoisotopic (exact) mass is 1070 g/mol. The molecule has 0 bridgehead atoms. The van der Waals surface area contributed by atoms with E-state index in [4.69, 9.17) is 13.8 Å². The zero-order valence-electron chi connectivity index (χ0n) is 49.2. The molecule has 0 saturated heterocycles. The maximum absolute atomic E-state index is 13.5. The predicted octanol–water partition coefficient (Wildman–Crippen LogP) is 18.1. The van der Waals surface area contributed by atoms with Gasteiger partial charge in [-0.05, 0) is 102 Å². The third-order valence-electron chi connectivity index (χ3n) is 13.0. The molecule has 1 amide bonds. The number of unbranched alkanes of at least 4 members (excludes halogenated alkanes) is 25. The summed E-state index contributed by atoms with van der Waals surface area (Å²) in [5, 5.41) is 3.01. The Morgan fingerprint density at radius 2 is 0.893 bits per heavy atom. The summed E-state index contributed by atoms with van der Waals surface area (Å²) < 4.78 is 30.3. The molecule has 0 fully saturated rings. The molecule has 0 saturated carbocycles. The summed E-state index contributed by atoms with van der Waals surface area (Å²) in [7, 11) is 1.15. The quantitative estimate of drug-likeness (QED) is 0.0161. The Morgan fingerprint density at radius 3 is 1.39 bits per heavy atom. The van der Waals surface area contributed by atoms with Gasteiger partial charge in [0.2, 0.25) is 5.91 Å². The van der Waals surface area contributed by atoms with E-state index < -0.39 is 26.6 Å². The lowest BCUT2D eigenvalue weighted by Crippen LogP contribution is -2.47. The largest absolute Gasteiger partial charge is 0.756 e. The van der Waals surface area contributed by atoms with Gasteiger partial charge >= 0.3 is 5.97 Å². The number of carbonyl (C=O) groups excluding carboxylic acids is 2. The number of likely N-dealkylation sites (N-methyl/N-ethyl adjacent to an activating group) is 1. The van der Waals surface area contributed by atoms with Gasteiger partial charge in [0, 0.05) is 12.8 Å². The Bertz CT molecular complexity index is 1610. The molecule has 75 heavy (non-hydrogen) atoms. The number of phosphoric acid groups is 1. The highest BCUT2D eigenvalue weighted by molar-refractivity contribution is 7.45. The van der Waals surface area contributed by atoms with Gasteiger partial charge in [-0.1, -0.05) is 234 Å². The van der Waals surface area contributed by atoms with Gasteiger partial charge < -0.3 is 28.5 Å². The van der Waals surface area contributed by atoms with Crippen LogP contribution < -0.4 is 10.2 Å². The number of carbonyl (C=O) groups is 2. The summed E-state index contributed by atoms with van der Waals surface area (Å²) in [6.07, 6.45) is 72.2. The number of phosphoric ester groups is 1. The van der Waals surface area contributed by atoms with Gasteiger partial charge in [-0.2, -0.15) is 0 Å². The lowest BCUT2D eigenvalue weighted by molar-refractivity contribution is -0.870. The van der Waals surface area contributed by atoms with Crippen molar-refractivity contribution in [3.05, 3.63) is 97.2 Å². The number of quaternary nitrogens is 1. The first-order chi connectivity index (χ1) is 36.4. The van der Waals surface area contributed by atoms with E-state index in [1.165, 1.54) is 77.0 Å². The van der Waals surface area contributed by atoms with Crippen LogP contribution in [0.25, 0.3) is 0 Å². The number of hydrogen-bond acceptors (Lipinski definition) is 7. The molecule has 0 aromatic rings. The van der Waals surface area contributed by atoms with Gasteiger partial charge in [0.05, 0.1) is 33.8 Å². The summed E-state index contributed by atoms with van der Waals surface area (Å²) in [6.45, 7) is 6.67. The zero-order valence-corrected chi connectivity index (χ0v) is 50.1. The highest BCUT2D eigenvalue weighted by Crippen LogP contribution is 2.38. The average Bonchev–Trinajstić information content (AvgIpc) is 3.37. The molecular formula is C65H115N2O7P. The molecule has 0 aromatic heterocycles. The number of amides is 1. The molecule has 0 rings (SSSR count). The number of rotatable bonds is 54. The van der Waals surface area contributed by atoms with Crippen molar-refractivity contribution in [1.29, 1.82) is 0 Å². The van der Waals surface area contributed by atoms with E-state index in [2.05, 4.69) is 111 Å². The zero-order chi connectivity index (χ0) is 55.0. The summed E-state index contributed by atoms with van der Waals surface area (Å²) in [4.78, 5) is 40.0. The maximum Gasteiger partial charge on any atom is 0.306 e. The van der Waals surface area contributed by atoms with Gasteiger partial charge in [-0.15, -0.1) is 0 Å². The topological polar surface area (TPSA) is 114 Å². The van der Waals surface area contributed by atoms with Crippen LogP contribution in [0.4, 0.5) is 0 Å². The first-order valence-corrected chi connectivity index (χ1v) is 32.0. The molecule has 0 aliphatic carbocycles. The molecule has 0 aliphatic heterocycles. The van der Waals surface area contributed by atoms with Gasteiger partial charge in [0.15, 0.2) is 0 Å². The number of nitrogens with one attached hydrogen (secondary N) is 1. The highest BCUT2D eigenvalue weighted by Gasteiger charge is 2.27. The van der Waals surface area contributed by atoms with E-state index in [0.29, 0.717) is 23.9 Å². The van der Waals surface area contributed by atoms with Crippen LogP contribution in [-0.4, -0.2) is 69.4 Å². The van der Waals surface area contributed by atoms with Crippen LogP contribution in [0.5, 0.6) is 0 Å². The van der Waals surface area contributed by atoms with E-state index in [1.807, 2.05) is 33.3 Å². The fourth-order valence-corrected chi connectivity index (χ4v) is 9.03. The van der Waals surface area contributed by atoms with Crippen LogP contribution in [0.1, 0.15) is 252 Å². The molecule has 1 N–H and O–H groups in total. The van der Waals surface area contributed by atoms with E-state index >= 15 is 0 Å². The Labute approximate surface area is 462 Å². The first-order valence-electron chi connectivity index (χ1n) is 30.6. The van der Waals surface area contributed by atoms with Gasteiger partial charge in [0.1, 0.15) is 19.3 Å². The third-order valence-corrected chi connectivity index (χ3v) is 14.0. The number of esters is 1. The predicted molar refractivity (Wildman–Crippen MR) is 321 cm³/mol. The van der Waals surface area contributed by atoms with Crippen LogP contribution in [-0.2, 0) is 27.9 Å². The Morgan fingerprint density at radius 1 is 0.493 bits per heavy atom. The van der Waals surface area contributed by atoms with Gasteiger partial charge in [0.25, 0.3) is 7.82 Å².